The highest BCUT2D eigenvalue weighted by atomic mass is 32.1. The second-order valence-corrected chi connectivity index (χ2v) is 5.56. The van der Waals surface area contributed by atoms with E-state index in [1.54, 1.807) is 0 Å². The molecule has 0 unspecified atom stereocenters. The van der Waals surface area contributed by atoms with Gasteiger partial charge in [0.2, 0.25) is 5.13 Å². The summed E-state index contributed by atoms with van der Waals surface area (Å²) in [5.74, 6) is 0.613. The second kappa shape index (κ2) is 6.29. The lowest BCUT2D eigenvalue weighted by Crippen LogP contribution is -2.32. The average Bonchev–Trinajstić information content (AvgIpc) is 3.09. The van der Waals surface area contributed by atoms with Gasteiger partial charge in [0, 0.05) is 31.7 Å². The van der Waals surface area contributed by atoms with Crippen molar-refractivity contribution in [3.63, 3.8) is 0 Å². The Morgan fingerprint density at radius 2 is 2.21 bits per heavy atom. The predicted molar refractivity (Wildman–Crippen MR) is 74.3 cm³/mol. The lowest BCUT2D eigenvalue weighted by Gasteiger charge is -2.18. The highest BCUT2D eigenvalue weighted by Gasteiger charge is 2.31. The molecule has 0 aromatic carbocycles. The largest absolute Gasteiger partial charge is 0.465 e. The number of carbonyl (C=O) groups excluding carboxylic acids is 1. The molecule has 2 rings (SSSR count). The molecule has 0 aliphatic heterocycles. The van der Waals surface area contributed by atoms with E-state index >= 15 is 0 Å². The molecule has 0 N–H and O–H groups in total. The Morgan fingerprint density at radius 1 is 1.47 bits per heavy atom. The van der Waals surface area contributed by atoms with Gasteiger partial charge in [0.05, 0.1) is 19.7 Å². The summed E-state index contributed by atoms with van der Waals surface area (Å²) in [4.78, 5) is 20.1. The Labute approximate surface area is 117 Å². The van der Waals surface area contributed by atoms with E-state index in [4.69, 9.17) is 4.74 Å². The molecule has 1 heterocycles. The fourth-order valence-corrected chi connectivity index (χ4v) is 2.39. The van der Waals surface area contributed by atoms with Crippen molar-refractivity contribution in [2.75, 3.05) is 32.1 Å². The van der Waals surface area contributed by atoms with Gasteiger partial charge >= 0.3 is 5.97 Å². The van der Waals surface area contributed by atoms with E-state index in [2.05, 4.69) is 14.3 Å². The normalized spacial score (nSPS) is 14.7. The molecule has 0 bridgehead atoms. The van der Waals surface area contributed by atoms with Crippen molar-refractivity contribution in [3.05, 3.63) is 5.82 Å². The summed E-state index contributed by atoms with van der Waals surface area (Å²) in [5.41, 5.74) is 0. The number of anilines is 1. The third kappa shape index (κ3) is 4.14. The lowest BCUT2D eigenvalue weighted by molar-refractivity contribution is -0.144. The van der Waals surface area contributed by atoms with Crippen molar-refractivity contribution in [2.45, 2.75) is 32.4 Å². The van der Waals surface area contributed by atoms with Crippen LogP contribution in [0, 0.1) is 0 Å². The van der Waals surface area contributed by atoms with Crippen molar-refractivity contribution in [1.29, 1.82) is 0 Å². The first-order chi connectivity index (χ1) is 9.10. The van der Waals surface area contributed by atoms with Gasteiger partial charge in [0.15, 0.2) is 5.82 Å². The number of hydrogen-bond acceptors (Lipinski definition) is 7. The fraction of sp³-hybridized carbons (Fsp3) is 0.750. The molecule has 1 fully saturated rings. The minimum Gasteiger partial charge on any atom is -0.465 e. The number of carbonyl (C=O) groups is 1. The third-order valence-electron chi connectivity index (χ3n) is 2.89. The zero-order valence-corrected chi connectivity index (χ0v) is 12.4. The fourth-order valence-electron chi connectivity index (χ4n) is 1.80. The molecular weight excluding hydrogens is 264 g/mol. The maximum Gasteiger partial charge on any atom is 0.320 e. The molecule has 0 amide bonds. The van der Waals surface area contributed by atoms with E-state index in [1.165, 1.54) is 11.5 Å². The summed E-state index contributed by atoms with van der Waals surface area (Å²) in [6.07, 6.45) is 2.29. The maximum atomic E-state index is 11.6. The van der Waals surface area contributed by atoms with E-state index in [0.717, 1.165) is 23.8 Å². The molecule has 1 aliphatic carbocycles. The van der Waals surface area contributed by atoms with Crippen LogP contribution in [0.25, 0.3) is 0 Å². The molecular formula is C12H20N4O2S. The summed E-state index contributed by atoms with van der Waals surface area (Å²) in [6, 6.07) is 0.482. The Balaban J connectivity index is 1.94. The minimum atomic E-state index is -0.169. The van der Waals surface area contributed by atoms with E-state index in [-0.39, 0.29) is 5.97 Å². The van der Waals surface area contributed by atoms with Crippen LogP contribution < -0.4 is 4.90 Å². The van der Waals surface area contributed by atoms with Crippen LogP contribution in [0.1, 0.15) is 25.6 Å². The number of ether oxygens (including phenoxy) is 1. The summed E-state index contributed by atoms with van der Waals surface area (Å²) >= 11 is 1.38. The standard InChI is InChI=1S/C12H20N4O2S/c1-4-18-11(17)8-16(9-5-6-9)7-10-13-12(15(2)3)19-14-10/h9H,4-8H2,1-3H3. The third-order valence-corrected chi connectivity index (χ3v) is 3.81. The van der Waals surface area contributed by atoms with Crippen molar-refractivity contribution in [1.82, 2.24) is 14.3 Å². The number of rotatable bonds is 7. The van der Waals surface area contributed by atoms with Gasteiger partial charge in [-0.3, -0.25) is 9.69 Å². The highest BCUT2D eigenvalue weighted by molar-refractivity contribution is 7.09. The smallest absolute Gasteiger partial charge is 0.320 e. The highest BCUT2D eigenvalue weighted by Crippen LogP contribution is 2.28. The summed E-state index contributed by atoms with van der Waals surface area (Å²) in [6.45, 7) is 3.20. The molecule has 106 valence electrons. The van der Waals surface area contributed by atoms with Gasteiger partial charge in [0.25, 0.3) is 0 Å². The second-order valence-electron chi connectivity index (χ2n) is 4.83. The van der Waals surface area contributed by atoms with Gasteiger partial charge in [0.1, 0.15) is 0 Å². The van der Waals surface area contributed by atoms with Gasteiger partial charge in [-0.2, -0.15) is 4.37 Å². The quantitative estimate of drug-likeness (QED) is 0.700. The zero-order valence-electron chi connectivity index (χ0n) is 11.6. The van der Waals surface area contributed by atoms with E-state index < -0.39 is 0 Å². The molecule has 1 aliphatic rings. The molecule has 1 aromatic rings. The lowest BCUT2D eigenvalue weighted by atomic mass is 10.4. The van der Waals surface area contributed by atoms with Gasteiger partial charge in [-0.1, -0.05) is 0 Å². The Hall–Kier alpha value is -1.21. The van der Waals surface area contributed by atoms with E-state index in [9.17, 15) is 4.79 Å². The molecule has 19 heavy (non-hydrogen) atoms. The van der Waals surface area contributed by atoms with Crippen LogP contribution in [0.2, 0.25) is 0 Å². The van der Waals surface area contributed by atoms with Crippen LogP contribution in [0.3, 0.4) is 0 Å². The number of aromatic nitrogens is 2. The molecule has 0 atom stereocenters. The van der Waals surface area contributed by atoms with Crippen LogP contribution in [0.4, 0.5) is 5.13 Å². The van der Waals surface area contributed by atoms with Gasteiger partial charge in [-0.15, -0.1) is 0 Å². The minimum absolute atomic E-state index is 0.169. The van der Waals surface area contributed by atoms with Crippen LogP contribution in [-0.2, 0) is 16.1 Å². The molecule has 6 nitrogen and oxygen atoms in total. The van der Waals surface area contributed by atoms with Gasteiger partial charge < -0.3 is 9.64 Å². The first-order valence-electron chi connectivity index (χ1n) is 6.49. The summed E-state index contributed by atoms with van der Waals surface area (Å²) < 4.78 is 9.34. The summed E-state index contributed by atoms with van der Waals surface area (Å²) in [5, 5.41) is 0.891. The van der Waals surface area contributed by atoms with Crippen molar-refractivity contribution in [3.8, 4) is 0 Å². The first-order valence-corrected chi connectivity index (χ1v) is 7.27. The SMILES string of the molecule is CCOC(=O)CN(Cc1nsc(N(C)C)n1)C1CC1. The van der Waals surface area contributed by atoms with Gasteiger partial charge in [-0.25, -0.2) is 4.98 Å². The van der Waals surface area contributed by atoms with E-state index in [0.29, 0.717) is 25.7 Å². The van der Waals surface area contributed by atoms with Crippen molar-refractivity contribution >= 4 is 22.6 Å². The number of nitrogens with zero attached hydrogens (tertiary/aromatic N) is 4. The number of hydrogen-bond donors (Lipinski definition) is 0. The Bertz CT molecular complexity index is 431. The molecule has 1 saturated carbocycles. The van der Waals surface area contributed by atoms with Crippen molar-refractivity contribution < 1.29 is 9.53 Å². The molecule has 1 aromatic heterocycles. The molecule has 0 spiro atoms. The molecule has 0 radical (unpaired) electrons. The first kappa shape index (κ1) is 14.2. The van der Waals surface area contributed by atoms with Crippen LogP contribution in [-0.4, -0.2) is 53.5 Å². The van der Waals surface area contributed by atoms with Crippen LogP contribution in [0.15, 0.2) is 0 Å². The summed E-state index contributed by atoms with van der Waals surface area (Å²) in [7, 11) is 3.89. The van der Waals surface area contributed by atoms with Gasteiger partial charge in [-0.05, 0) is 19.8 Å². The zero-order chi connectivity index (χ0) is 13.8. The molecule has 0 saturated heterocycles. The average molecular weight is 284 g/mol. The Kier molecular flexibility index (Phi) is 4.71. The number of esters is 1. The maximum absolute atomic E-state index is 11.6. The van der Waals surface area contributed by atoms with E-state index in [1.807, 2.05) is 25.9 Å². The predicted octanol–water partition coefficient (Wildman–Crippen LogP) is 1.13. The molecule has 7 heteroatoms. The topological polar surface area (TPSA) is 58.6 Å². The Morgan fingerprint density at radius 3 is 2.74 bits per heavy atom. The monoisotopic (exact) mass is 284 g/mol. The van der Waals surface area contributed by atoms with Crippen molar-refractivity contribution in [2.24, 2.45) is 0 Å². The van der Waals surface area contributed by atoms with Crippen LogP contribution in [0.5, 0.6) is 0 Å². The van der Waals surface area contributed by atoms with Crippen LogP contribution >= 0.6 is 11.5 Å².